The van der Waals surface area contributed by atoms with Crippen molar-refractivity contribution < 1.29 is 23.2 Å². The number of likely N-dealkylation sites (tertiary alicyclic amines) is 1. The molecular weight excluding hydrogens is 516 g/mol. The number of carbonyl (C=O) groups is 3. The van der Waals surface area contributed by atoms with Gasteiger partial charge in [-0.05, 0) is 79.9 Å². The molecule has 2 aliphatic rings. The van der Waals surface area contributed by atoms with Crippen molar-refractivity contribution in [3.05, 3.63) is 95.9 Å². The summed E-state index contributed by atoms with van der Waals surface area (Å²) >= 11 is 0. The zero-order valence-electron chi connectivity index (χ0n) is 21.7. The molecule has 2 aromatic heterocycles. The lowest BCUT2D eigenvalue weighted by atomic mass is 9.83. The molecule has 0 saturated carbocycles. The van der Waals surface area contributed by atoms with Crippen LogP contribution < -0.4 is 4.90 Å². The Labute approximate surface area is 228 Å². The number of Topliss-reactive ketones (excluding diaryl/α,β-unsaturated/α-hetero) is 1. The molecule has 0 radical (unpaired) electrons. The highest BCUT2D eigenvalue weighted by Gasteiger charge is 2.54. The molecule has 202 valence electrons. The minimum atomic E-state index is -1.08. The number of rotatable bonds is 4. The highest BCUT2D eigenvalue weighted by molar-refractivity contribution is 6.19. The number of aromatic nitrogens is 3. The summed E-state index contributed by atoms with van der Waals surface area (Å²) in [4.78, 5) is 46.7. The number of ketones is 1. The Morgan fingerprint density at radius 2 is 1.57 bits per heavy atom. The van der Waals surface area contributed by atoms with Crippen molar-refractivity contribution in [2.45, 2.75) is 31.7 Å². The summed E-state index contributed by atoms with van der Waals surface area (Å²) in [5, 5.41) is 4.56. The average Bonchev–Trinajstić information content (AvgIpc) is 3.51. The van der Waals surface area contributed by atoms with E-state index in [-0.39, 0.29) is 61.5 Å². The van der Waals surface area contributed by atoms with Crippen molar-refractivity contribution in [2.75, 3.05) is 18.0 Å². The molecule has 10 heteroatoms. The van der Waals surface area contributed by atoms with Crippen molar-refractivity contribution in [3.63, 3.8) is 0 Å². The summed E-state index contributed by atoms with van der Waals surface area (Å²) in [6.45, 7) is 2.13. The van der Waals surface area contributed by atoms with E-state index in [4.69, 9.17) is 0 Å². The molecule has 2 fully saturated rings. The maximum atomic E-state index is 14.4. The molecule has 0 aliphatic carbocycles. The third-order valence-corrected chi connectivity index (χ3v) is 7.78. The van der Waals surface area contributed by atoms with Crippen LogP contribution in [0.2, 0.25) is 0 Å². The first kappa shape index (κ1) is 25.5. The summed E-state index contributed by atoms with van der Waals surface area (Å²) in [7, 11) is 0. The van der Waals surface area contributed by atoms with E-state index in [0.29, 0.717) is 22.6 Å². The fraction of sp³-hybridized carbons (Fsp3) is 0.233. The largest absolute Gasteiger partial charge is 0.337 e. The number of hydrogen-bond acceptors (Lipinski definition) is 5. The van der Waals surface area contributed by atoms with E-state index in [0.717, 1.165) is 5.56 Å². The lowest BCUT2D eigenvalue weighted by molar-refractivity contribution is -0.124. The number of halogens is 2. The van der Waals surface area contributed by atoms with Gasteiger partial charge in [-0.15, -0.1) is 0 Å². The SMILES string of the molecule is Cc1ccc(-n2nc(C(=O)N3CCC4(CC3)C(=O)CC(=O)N4c3ccc(F)cc3)cc2-c2ccncc2)cc1F. The van der Waals surface area contributed by atoms with E-state index in [1.807, 2.05) is 0 Å². The van der Waals surface area contributed by atoms with Crippen molar-refractivity contribution in [3.8, 4) is 16.9 Å². The Kier molecular flexibility index (Phi) is 6.25. The van der Waals surface area contributed by atoms with E-state index >= 15 is 0 Å². The van der Waals surface area contributed by atoms with Gasteiger partial charge in [0.05, 0.1) is 17.8 Å². The molecule has 0 bridgehead atoms. The summed E-state index contributed by atoms with van der Waals surface area (Å²) in [6, 6.07) is 15.5. The second-order valence-corrected chi connectivity index (χ2v) is 10.1. The summed E-state index contributed by atoms with van der Waals surface area (Å²) < 4.78 is 29.5. The summed E-state index contributed by atoms with van der Waals surface area (Å²) in [5.74, 6) is -1.68. The second-order valence-electron chi connectivity index (χ2n) is 10.1. The van der Waals surface area contributed by atoms with Crippen LogP contribution in [-0.2, 0) is 9.59 Å². The van der Waals surface area contributed by atoms with Gasteiger partial charge in [-0.3, -0.25) is 24.3 Å². The van der Waals surface area contributed by atoms with E-state index in [2.05, 4.69) is 10.1 Å². The number of hydrogen-bond donors (Lipinski definition) is 0. The number of nitrogens with zero attached hydrogens (tertiary/aromatic N) is 5. The number of pyridine rings is 1. The molecule has 0 unspecified atom stereocenters. The summed E-state index contributed by atoms with van der Waals surface area (Å²) in [6.07, 6.45) is 3.53. The van der Waals surface area contributed by atoms with Gasteiger partial charge in [0.1, 0.15) is 17.2 Å². The zero-order valence-corrected chi connectivity index (χ0v) is 21.7. The third kappa shape index (κ3) is 4.25. The highest BCUT2D eigenvalue weighted by atomic mass is 19.1. The van der Waals surface area contributed by atoms with Crippen molar-refractivity contribution in [2.24, 2.45) is 0 Å². The lowest BCUT2D eigenvalue weighted by Gasteiger charge is -2.43. The first-order valence-electron chi connectivity index (χ1n) is 12.9. The molecule has 4 heterocycles. The topological polar surface area (TPSA) is 88.4 Å². The Bertz CT molecular complexity index is 1630. The quantitative estimate of drug-likeness (QED) is 0.355. The van der Waals surface area contributed by atoms with Gasteiger partial charge in [-0.25, -0.2) is 13.5 Å². The van der Waals surface area contributed by atoms with Crippen molar-refractivity contribution in [1.29, 1.82) is 0 Å². The number of amides is 2. The normalized spacial score (nSPS) is 16.7. The van der Waals surface area contributed by atoms with Gasteiger partial charge in [-0.2, -0.15) is 5.10 Å². The van der Waals surface area contributed by atoms with Gasteiger partial charge < -0.3 is 4.90 Å². The van der Waals surface area contributed by atoms with Crippen molar-refractivity contribution in [1.82, 2.24) is 19.7 Å². The van der Waals surface area contributed by atoms with Crippen LogP contribution in [0.3, 0.4) is 0 Å². The Morgan fingerprint density at radius 3 is 2.25 bits per heavy atom. The zero-order chi connectivity index (χ0) is 28.0. The number of benzene rings is 2. The van der Waals surface area contributed by atoms with E-state index < -0.39 is 11.4 Å². The van der Waals surface area contributed by atoms with Crippen LogP contribution in [0.5, 0.6) is 0 Å². The molecular formula is C30H25F2N5O3. The molecule has 8 nitrogen and oxygen atoms in total. The Morgan fingerprint density at radius 1 is 0.900 bits per heavy atom. The van der Waals surface area contributed by atoms with Crippen LogP contribution in [0.25, 0.3) is 16.9 Å². The molecule has 40 heavy (non-hydrogen) atoms. The van der Waals surface area contributed by atoms with Crippen molar-refractivity contribution >= 4 is 23.3 Å². The molecule has 0 N–H and O–H groups in total. The predicted octanol–water partition coefficient (Wildman–Crippen LogP) is 4.50. The minimum Gasteiger partial charge on any atom is -0.337 e. The van der Waals surface area contributed by atoms with Crippen LogP contribution in [0, 0.1) is 18.6 Å². The molecule has 2 aliphatic heterocycles. The minimum absolute atomic E-state index is 0.174. The van der Waals surface area contributed by atoms with Gasteiger partial charge in [-0.1, -0.05) is 6.07 Å². The molecule has 0 atom stereocenters. The van der Waals surface area contributed by atoms with Gasteiger partial charge in [0.25, 0.3) is 5.91 Å². The number of piperidine rings is 1. The van der Waals surface area contributed by atoms with Crippen LogP contribution in [0.1, 0.15) is 35.3 Å². The lowest BCUT2D eigenvalue weighted by Crippen LogP contribution is -2.57. The average molecular weight is 542 g/mol. The van der Waals surface area contributed by atoms with Gasteiger partial charge >= 0.3 is 0 Å². The van der Waals surface area contributed by atoms with E-state index in [1.54, 1.807) is 54.5 Å². The van der Waals surface area contributed by atoms with Crippen LogP contribution >= 0.6 is 0 Å². The monoisotopic (exact) mass is 541 g/mol. The number of anilines is 1. The molecule has 2 amide bonds. The third-order valence-electron chi connectivity index (χ3n) is 7.78. The standard InChI is InChI=1S/C30H25F2N5O3/c1-19-2-5-23(16-24(19)32)37-26(20-8-12-33-13-9-20)17-25(34-37)29(40)35-14-10-30(11-15-35)27(38)18-28(39)36(30)22-6-3-21(31)4-7-22/h2-9,12-13,16-17H,10-11,14-15,18H2,1H3. The molecule has 2 saturated heterocycles. The van der Waals surface area contributed by atoms with Gasteiger partial charge in [0.15, 0.2) is 11.5 Å². The van der Waals surface area contributed by atoms with E-state index in [9.17, 15) is 23.2 Å². The maximum absolute atomic E-state index is 14.4. The number of carbonyl (C=O) groups excluding carboxylic acids is 3. The molecule has 4 aromatic rings. The molecule has 6 rings (SSSR count). The smallest absolute Gasteiger partial charge is 0.274 e. The van der Waals surface area contributed by atoms with Crippen LogP contribution in [-0.4, -0.2) is 55.9 Å². The first-order chi connectivity index (χ1) is 19.3. The first-order valence-corrected chi connectivity index (χ1v) is 12.9. The Hall–Kier alpha value is -4.73. The fourth-order valence-corrected chi connectivity index (χ4v) is 5.59. The van der Waals surface area contributed by atoms with Gasteiger partial charge in [0.2, 0.25) is 5.91 Å². The van der Waals surface area contributed by atoms with Crippen LogP contribution in [0.4, 0.5) is 14.5 Å². The number of aryl methyl sites for hydroxylation is 1. The highest BCUT2D eigenvalue weighted by Crippen LogP contribution is 2.40. The fourth-order valence-electron chi connectivity index (χ4n) is 5.59. The van der Waals surface area contributed by atoms with E-state index in [1.165, 1.54) is 39.9 Å². The molecule has 2 aromatic carbocycles. The Balaban J connectivity index is 1.29. The van der Waals surface area contributed by atoms with Gasteiger partial charge in [0, 0.05) is 36.7 Å². The maximum Gasteiger partial charge on any atom is 0.274 e. The predicted molar refractivity (Wildman–Crippen MR) is 143 cm³/mol. The second kappa shape index (κ2) is 9.78. The molecule has 1 spiro atoms. The van der Waals surface area contributed by atoms with Crippen LogP contribution in [0.15, 0.2) is 73.1 Å². The summed E-state index contributed by atoms with van der Waals surface area (Å²) in [5.41, 5.74) is 1.88.